The summed E-state index contributed by atoms with van der Waals surface area (Å²) in [7, 11) is 0. The molecule has 17 heavy (non-hydrogen) atoms. The van der Waals surface area contributed by atoms with E-state index in [0.29, 0.717) is 0 Å². The average molecular weight is 246 g/mol. The lowest BCUT2D eigenvalue weighted by Crippen LogP contribution is -2.16. The third kappa shape index (κ3) is 2.59. The maximum Gasteiger partial charge on any atom is 0.113 e. The van der Waals surface area contributed by atoms with E-state index < -0.39 is 6.10 Å². The summed E-state index contributed by atoms with van der Waals surface area (Å²) in [6, 6.07) is 12.1. The minimum Gasteiger partial charge on any atom is -0.383 e. The lowest BCUT2D eigenvalue weighted by atomic mass is 9.82. The third-order valence-electron chi connectivity index (χ3n) is 2.88. The lowest BCUT2D eigenvalue weighted by Gasteiger charge is -2.24. The van der Waals surface area contributed by atoms with Crippen LogP contribution in [0.1, 0.15) is 42.9 Å². The van der Waals surface area contributed by atoms with Crippen molar-refractivity contribution in [1.82, 2.24) is 0 Å². The van der Waals surface area contributed by atoms with Gasteiger partial charge in [-0.3, -0.25) is 0 Å². The first-order valence-electron chi connectivity index (χ1n) is 5.81. The zero-order valence-corrected chi connectivity index (χ0v) is 11.3. The van der Waals surface area contributed by atoms with Crippen LogP contribution in [0.3, 0.4) is 0 Å². The van der Waals surface area contributed by atoms with E-state index in [1.165, 1.54) is 5.56 Å². The first kappa shape index (κ1) is 12.3. The summed E-state index contributed by atoms with van der Waals surface area (Å²) in [6.45, 7) is 6.52. The first-order valence-corrected chi connectivity index (χ1v) is 6.69. The Bertz CT molecular complexity index is 480. The Balaban J connectivity index is 2.46. The number of rotatable bonds is 2. The van der Waals surface area contributed by atoms with Gasteiger partial charge in [0, 0.05) is 4.88 Å². The van der Waals surface area contributed by atoms with Crippen LogP contribution in [0.25, 0.3) is 0 Å². The molecule has 0 saturated heterocycles. The number of thiophene rings is 1. The van der Waals surface area contributed by atoms with Crippen LogP contribution >= 0.6 is 11.3 Å². The highest BCUT2D eigenvalue weighted by Gasteiger charge is 2.22. The van der Waals surface area contributed by atoms with Crippen molar-refractivity contribution in [3.63, 3.8) is 0 Å². The van der Waals surface area contributed by atoms with Crippen molar-refractivity contribution in [3.05, 3.63) is 57.8 Å². The fraction of sp³-hybridized carbons (Fsp3) is 0.333. The van der Waals surface area contributed by atoms with E-state index in [-0.39, 0.29) is 5.41 Å². The Kier molecular flexibility index (Phi) is 3.36. The maximum absolute atomic E-state index is 10.4. The summed E-state index contributed by atoms with van der Waals surface area (Å²) < 4.78 is 0. The first-order chi connectivity index (χ1) is 8.00. The SMILES string of the molecule is CC(C)(C)c1ccccc1C(O)c1cccs1. The van der Waals surface area contributed by atoms with Crippen molar-refractivity contribution in [2.75, 3.05) is 0 Å². The lowest BCUT2D eigenvalue weighted by molar-refractivity contribution is 0.221. The molecule has 1 N–H and O–H groups in total. The molecule has 0 aliphatic carbocycles. The van der Waals surface area contributed by atoms with Crippen LogP contribution in [0, 0.1) is 0 Å². The highest BCUT2D eigenvalue weighted by molar-refractivity contribution is 7.10. The Morgan fingerprint density at radius 2 is 1.76 bits per heavy atom. The van der Waals surface area contributed by atoms with Crippen molar-refractivity contribution in [2.24, 2.45) is 0 Å². The van der Waals surface area contributed by atoms with Gasteiger partial charge in [-0.05, 0) is 28.0 Å². The molecule has 1 unspecified atom stereocenters. The summed E-state index contributed by atoms with van der Waals surface area (Å²) in [5, 5.41) is 12.4. The van der Waals surface area contributed by atoms with Crippen LogP contribution in [0.5, 0.6) is 0 Å². The maximum atomic E-state index is 10.4. The van der Waals surface area contributed by atoms with Gasteiger partial charge >= 0.3 is 0 Å². The highest BCUT2D eigenvalue weighted by Crippen LogP contribution is 2.33. The van der Waals surface area contributed by atoms with Gasteiger partial charge in [0.15, 0.2) is 0 Å². The molecule has 1 nitrogen and oxygen atoms in total. The standard InChI is InChI=1S/C15H18OS/c1-15(2,3)12-8-5-4-7-11(12)14(16)13-9-6-10-17-13/h4-10,14,16H,1-3H3. The largest absolute Gasteiger partial charge is 0.383 e. The molecule has 0 bridgehead atoms. The second-order valence-corrected chi connectivity index (χ2v) is 6.23. The molecular weight excluding hydrogens is 228 g/mol. The Morgan fingerprint density at radius 1 is 1.06 bits per heavy atom. The molecule has 0 amide bonds. The third-order valence-corrected chi connectivity index (χ3v) is 3.80. The molecule has 2 aromatic rings. The molecule has 0 spiro atoms. The van der Waals surface area contributed by atoms with Gasteiger partial charge in [-0.15, -0.1) is 11.3 Å². The van der Waals surface area contributed by atoms with Crippen LogP contribution in [0.2, 0.25) is 0 Å². The molecular formula is C15H18OS. The number of aliphatic hydroxyl groups excluding tert-OH is 1. The second-order valence-electron chi connectivity index (χ2n) is 5.26. The van der Waals surface area contributed by atoms with Crippen molar-refractivity contribution in [1.29, 1.82) is 0 Å². The highest BCUT2D eigenvalue weighted by atomic mass is 32.1. The van der Waals surface area contributed by atoms with E-state index in [1.807, 2.05) is 35.7 Å². The minimum absolute atomic E-state index is 0.0504. The molecule has 2 heteroatoms. The molecule has 1 aromatic carbocycles. The summed E-state index contributed by atoms with van der Waals surface area (Å²) in [4.78, 5) is 1.00. The van der Waals surface area contributed by atoms with Crippen LogP contribution in [0.15, 0.2) is 41.8 Å². The zero-order chi connectivity index (χ0) is 12.5. The Labute approximate surface area is 107 Å². The van der Waals surface area contributed by atoms with Gasteiger partial charge in [0.2, 0.25) is 0 Å². The topological polar surface area (TPSA) is 20.2 Å². The molecule has 1 heterocycles. The molecule has 90 valence electrons. The van der Waals surface area contributed by atoms with Crippen molar-refractivity contribution in [2.45, 2.75) is 32.3 Å². The van der Waals surface area contributed by atoms with Crippen LogP contribution in [-0.2, 0) is 5.41 Å². The van der Waals surface area contributed by atoms with E-state index in [4.69, 9.17) is 0 Å². The molecule has 0 radical (unpaired) electrons. The number of hydrogen-bond donors (Lipinski definition) is 1. The second kappa shape index (κ2) is 4.63. The monoisotopic (exact) mass is 246 g/mol. The van der Waals surface area contributed by atoms with Gasteiger partial charge in [0.1, 0.15) is 6.10 Å². The van der Waals surface area contributed by atoms with Crippen LogP contribution in [0.4, 0.5) is 0 Å². The van der Waals surface area contributed by atoms with Gasteiger partial charge in [0.25, 0.3) is 0 Å². The van der Waals surface area contributed by atoms with Gasteiger partial charge in [0.05, 0.1) is 0 Å². The van der Waals surface area contributed by atoms with E-state index in [0.717, 1.165) is 10.4 Å². The summed E-state index contributed by atoms with van der Waals surface area (Å²) in [6.07, 6.45) is -0.509. The fourth-order valence-corrected chi connectivity index (χ4v) is 2.75. The molecule has 2 rings (SSSR count). The normalized spacial score (nSPS) is 13.6. The summed E-state index contributed by atoms with van der Waals surface area (Å²) in [5.41, 5.74) is 2.28. The minimum atomic E-state index is -0.509. The van der Waals surface area contributed by atoms with Gasteiger partial charge < -0.3 is 5.11 Å². The fourth-order valence-electron chi connectivity index (χ4n) is 2.02. The molecule has 0 fully saturated rings. The predicted octanol–water partition coefficient (Wildman–Crippen LogP) is 4.13. The van der Waals surface area contributed by atoms with Crippen LogP contribution < -0.4 is 0 Å². The molecule has 0 aliphatic rings. The van der Waals surface area contributed by atoms with E-state index >= 15 is 0 Å². The zero-order valence-electron chi connectivity index (χ0n) is 10.5. The molecule has 0 aliphatic heterocycles. The quantitative estimate of drug-likeness (QED) is 0.845. The summed E-state index contributed by atoms with van der Waals surface area (Å²) in [5.74, 6) is 0. The van der Waals surface area contributed by atoms with Crippen molar-refractivity contribution in [3.8, 4) is 0 Å². The predicted molar refractivity (Wildman–Crippen MR) is 73.5 cm³/mol. The average Bonchev–Trinajstić information content (AvgIpc) is 2.80. The van der Waals surface area contributed by atoms with Gasteiger partial charge in [-0.2, -0.15) is 0 Å². The number of aliphatic hydroxyl groups is 1. The van der Waals surface area contributed by atoms with Gasteiger partial charge in [-0.25, -0.2) is 0 Å². The molecule has 1 atom stereocenters. The molecule has 1 aromatic heterocycles. The summed E-state index contributed by atoms with van der Waals surface area (Å²) >= 11 is 1.60. The van der Waals surface area contributed by atoms with Crippen molar-refractivity contribution < 1.29 is 5.11 Å². The smallest absolute Gasteiger partial charge is 0.113 e. The Hall–Kier alpha value is -1.12. The van der Waals surface area contributed by atoms with Crippen LogP contribution in [-0.4, -0.2) is 5.11 Å². The van der Waals surface area contributed by atoms with Crippen molar-refractivity contribution >= 4 is 11.3 Å². The number of benzene rings is 1. The van der Waals surface area contributed by atoms with E-state index in [2.05, 4.69) is 26.8 Å². The Morgan fingerprint density at radius 3 is 2.35 bits per heavy atom. The number of hydrogen-bond acceptors (Lipinski definition) is 2. The van der Waals surface area contributed by atoms with E-state index in [1.54, 1.807) is 11.3 Å². The molecule has 0 saturated carbocycles. The van der Waals surface area contributed by atoms with E-state index in [9.17, 15) is 5.11 Å². The van der Waals surface area contributed by atoms with Gasteiger partial charge in [-0.1, -0.05) is 51.1 Å².